The Morgan fingerprint density at radius 1 is 1.53 bits per heavy atom. The topological polar surface area (TPSA) is 49.3 Å². The molecule has 3 nitrogen and oxygen atoms in total. The lowest BCUT2D eigenvalue weighted by atomic mass is 10.1. The molecule has 0 aromatic heterocycles. The molecule has 0 saturated carbocycles. The number of benzene rings is 1. The van der Waals surface area contributed by atoms with Gasteiger partial charge in [-0.15, -0.1) is 0 Å². The van der Waals surface area contributed by atoms with Gasteiger partial charge < -0.3 is 10.4 Å². The summed E-state index contributed by atoms with van der Waals surface area (Å²) in [5.41, 5.74) is 1.71. The van der Waals surface area contributed by atoms with Gasteiger partial charge in [0, 0.05) is 24.2 Å². The van der Waals surface area contributed by atoms with Gasteiger partial charge in [-0.2, -0.15) is 0 Å². The van der Waals surface area contributed by atoms with Crippen LogP contribution in [0.1, 0.15) is 18.9 Å². The second-order valence-electron chi connectivity index (χ2n) is 3.31. The van der Waals surface area contributed by atoms with E-state index in [4.69, 9.17) is 16.7 Å². The summed E-state index contributed by atoms with van der Waals surface area (Å²) in [6.07, 6.45) is 1.40. The number of amides is 1. The van der Waals surface area contributed by atoms with E-state index in [1.165, 1.54) is 6.92 Å². The Labute approximate surface area is 94.1 Å². The van der Waals surface area contributed by atoms with Crippen molar-refractivity contribution in [1.82, 2.24) is 0 Å². The second kappa shape index (κ2) is 5.73. The third-order valence-electron chi connectivity index (χ3n) is 1.99. The van der Waals surface area contributed by atoms with Crippen LogP contribution in [0.4, 0.5) is 5.69 Å². The molecule has 0 aliphatic carbocycles. The largest absolute Gasteiger partial charge is 0.396 e. The number of aryl methyl sites for hydroxylation is 1. The number of halogens is 1. The van der Waals surface area contributed by atoms with Gasteiger partial charge >= 0.3 is 0 Å². The van der Waals surface area contributed by atoms with E-state index in [1.807, 2.05) is 6.07 Å². The van der Waals surface area contributed by atoms with E-state index < -0.39 is 0 Å². The maximum Gasteiger partial charge on any atom is 0.221 e. The van der Waals surface area contributed by atoms with Gasteiger partial charge in [-0.1, -0.05) is 17.7 Å². The summed E-state index contributed by atoms with van der Waals surface area (Å²) in [4.78, 5) is 10.9. The highest BCUT2D eigenvalue weighted by atomic mass is 35.5. The van der Waals surface area contributed by atoms with Crippen LogP contribution in [0.15, 0.2) is 18.2 Å². The summed E-state index contributed by atoms with van der Waals surface area (Å²) >= 11 is 5.83. The molecule has 0 aliphatic heterocycles. The molecule has 82 valence electrons. The van der Waals surface area contributed by atoms with Crippen molar-refractivity contribution in [2.75, 3.05) is 11.9 Å². The fourth-order valence-electron chi connectivity index (χ4n) is 1.34. The molecule has 0 radical (unpaired) electrons. The summed E-state index contributed by atoms with van der Waals surface area (Å²) in [5, 5.41) is 12.0. The van der Waals surface area contributed by atoms with E-state index in [0.29, 0.717) is 11.4 Å². The van der Waals surface area contributed by atoms with Crippen molar-refractivity contribution in [2.24, 2.45) is 0 Å². The molecule has 1 aromatic carbocycles. The van der Waals surface area contributed by atoms with Crippen LogP contribution in [0.5, 0.6) is 0 Å². The third-order valence-corrected chi connectivity index (χ3v) is 2.22. The molecule has 0 aliphatic rings. The van der Waals surface area contributed by atoms with Crippen LogP contribution in [-0.4, -0.2) is 17.6 Å². The minimum atomic E-state index is -0.123. The van der Waals surface area contributed by atoms with Gasteiger partial charge in [0.25, 0.3) is 0 Å². The van der Waals surface area contributed by atoms with Gasteiger partial charge in [-0.3, -0.25) is 4.79 Å². The summed E-state index contributed by atoms with van der Waals surface area (Å²) in [6.45, 7) is 1.60. The van der Waals surface area contributed by atoms with Crippen LogP contribution in [0.25, 0.3) is 0 Å². The lowest BCUT2D eigenvalue weighted by Gasteiger charge is -2.09. The Hall–Kier alpha value is -1.06. The highest BCUT2D eigenvalue weighted by Gasteiger charge is 2.04. The third kappa shape index (κ3) is 3.90. The molecular weight excluding hydrogens is 214 g/mol. The van der Waals surface area contributed by atoms with Crippen molar-refractivity contribution in [1.29, 1.82) is 0 Å². The maximum atomic E-state index is 10.9. The van der Waals surface area contributed by atoms with E-state index in [1.54, 1.807) is 12.1 Å². The first-order valence-electron chi connectivity index (χ1n) is 4.80. The minimum Gasteiger partial charge on any atom is -0.396 e. The molecule has 15 heavy (non-hydrogen) atoms. The highest BCUT2D eigenvalue weighted by Crippen LogP contribution is 2.22. The Balaban J connectivity index is 2.87. The molecule has 1 aromatic rings. The van der Waals surface area contributed by atoms with Crippen LogP contribution in [0.2, 0.25) is 5.02 Å². The SMILES string of the molecule is CC(=O)Nc1cc(Cl)ccc1CCCO. The Bertz CT molecular complexity index is 352. The lowest BCUT2D eigenvalue weighted by molar-refractivity contribution is -0.114. The molecule has 0 unspecified atom stereocenters. The number of aliphatic hydroxyl groups is 1. The average Bonchev–Trinajstić information content (AvgIpc) is 2.16. The molecule has 1 amide bonds. The summed E-state index contributed by atoms with van der Waals surface area (Å²) in [5.74, 6) is -0.123. The monoisotopic (exact) mass is 227 g/mol. The van der Waals surface area contributed by atoms with Crippen LogP contribution in [-0.2, 0) is 11.2 Å². The van der Waals surface area contributed by atoms with Crippen molar-refractivity contribution in [2.45, 2.75) is 19.8 Å². The number of nitrogens with one attached hydrogen (secondary N) is 1. The molecule has 0 heterocycles. The van der Waals surface area contributed by atoms with E-state index >= 15 is 0 Å². The quantitative estimate of drug-likeness (QED) is 0.829. The molecule has 0 spiro atoms. The Morgan fingerprint density at radius 3 is 2.87 bits per heavy atom. The second-order valence-corrected chi connectivity index (χ2v) is 3.75. The van der Waals surface area contributed by atoms with Crippen LogP contribution >= 0.6 is 11.6 Å². The molecule has 1 rings (SSSR count). The lowest BCUT2D eigenvalue weighted by Crippen LogP contribution is -2.08. The molecule has 4 heteroatoms. The fourth-order valence-corrected chi connectivity index (χ4v) is 1.51. The first-order valence-corrected chi connectivity index (χ1v) is 5.18. The van der Waals surface area contributed by atoms with Crippen LogP contribution < -0.4 is 5.32 Å². The van der Waals surface area contributed by atoms with Crippen LogP contribution in [0.3, 0.4) is 0 Å². The van der Waals surface area contributed by atoms with Crippen molar-refractivity contribution in [3.8, 4) is 0 Å². The Morgan fingerprint density at radius 2 is 2.27 bits per heavy atom. The molecule has 0 bridgehead atoms. The normalized spacial score (nSPS) is 10.1. The van der Waals surface area contributed by atoms with Crippen molar-refractivity contribution < 1.29 is 9.90 Å². The zero-order valence-corrected chi connectivity index (χ0v) is 9.34. The number of carbonyl (C=O) groups excluding carboxylic acids is 1. The van der Waals surface area contributed by atoms with Crippen LogP contribution in [0, 0.1) is 0 Å². The first kappa shape index (κ1) is 12.0. The predicted octanol–water partition coefficient (Wildman–Crippen LogP) is 2.22. The number of hydrogen-bond acceptors (Lipinski definition) is 2. The number of hydrogen-bond donors (Lipinski definition) is 2. The Kier molecular flexibility index (Phi) is 4.59. The van der Waals surface area contributed by atoms with E-state index in [0.717, 1.165) is 17.7 Å². The van der Waals surface area contributed by atoms with E-state index in [2.05, 4.69) is 5.32 Å². The van der Waals surface area contributed by atoms with Gasteiger partial charge in [0.2, 0.25) is 5.91 Å². The standard InChI is InChI=1S/C11H14ClNO2/c1-8(15)13-11-7-10(12)5-4-9(11)3-2-6-14/h4-5,7,14H,2-3,6H2,1H3,(H,13,15). The van der Waals surface area contributed by atoms with Gasteiger partial charge in [0.05, 0.1) is 0 Å². The van der Waals surface area contributed by atoms with E-state index in [9.17, 15) is 4.79 Å². The van der Waals surface area contributed by atoms with Crippen molar-refractivity contribution in [3.63, 3.8) is 0 Å². The van der Waals surface area contributed by atoms with Gasteiger partial charge in [0.1, 0.15) is 0 Å². The highest BCUT2D eigenvalue weighted by molar-refractivity contribution is 6.31. The summed E-state index contributed by atoms with van der Waals surface area (Å²) < 4.78 is 0. The number of rotatable bonds is 4. The first-order chi connectivity index (χ1) is 7.13. The number of anilines is 1. The molecule has 2 N–H and O–H groups in total. The summed E-state index contributed by atoms with van der Waals surface area (Å²) in [6, 6.07) is 5.36. The van der Waals surface area contributed by atoms with Crippen molar-refractivity contribution >= 4 is 23.2 Å². The fraction of sp³-hybridized carbons (Fsp3) is 0.364. The zero-order valence-electron chi connectivity index (χ0n) is 8.59. The van der Waals surface area contributed by atoms with Crippen molar-refractivity contribution in [3.05, 3.63) is 28.8 Å². The molecule has 0 atom stereocenters. The summed E-state index contributed by atoms with van der Waals surface area (Å²) in [7, 11) is 0. The average molecular weight is 228 g/mol. The number of carbonyl (C=O) groups is 1. The maximum absolute atomic E-state index is 10.9. The van der Waals surface area contributed by atoms with Gasteiger partial charge in [-0.25, -0.2) is 0 Å². The molecule has 0 fully saturated rings. The number of aliphatic hydroxyl groups excluding tert-OH is 1. The molecular formula is C11H14ClNO2. The van der Waals surface area contributed by atoms with Gasteiger partial charge in [-0.05, 0) is 30.5 Å². The van der Waals surface area contributed by atoms with E-state index in [-0.39, 0.29) is 12.5 Å². The zero-order chi connectivity index (χ0) is 11.3. The minimum absolute atomic E-state index is 0.123. The smallest absolute Gasteiger partial charge is 0.221 e. The predicted molar refractivity (Wildman–Crippen MR) is 61.2 cm³/mol. The van der Waals surface area contributed by atoms with Gasteiger partial charge in [0.15, 0.2) is 0 Å². The molecule has 0 saturated heterocycles.